The SMILES string of the molecule is CCN1C[C@@H]([C@H](O)[C@H](CC2CCCCC2)NC(=O)[C@H](Cc2ccn[nH]2)NC(=O)[C@@H](CC(=O)N2CCOCC2)Cc2ccccc2)OC1=O. The molecule has 13 heteroatoms. The molecule has 1 aliphatic carbocycles. The van der Waals surface area contributed by atoms with Crippen molar-refractivity contribution in [1.82, 2.24) is 30.6 Å². The van der Waals surface area contributed by atoms with Crippen LogP contribution in [0.3, 0.4) is 0 Å². The van der Waals surface area contributed by atoms with Gasteiger partial charge in [-0.2, -0.15) is 5.10 Å². The van der Waals surface area contributed by atoms with Crippen molar-refractivity contribution in [3.63, 3.8) is 0 Å². The third-order valence-electron chi connectivity index (χ3n) is 9.82. The lowest BCUT2D eigenvalue weighted by Crippen LogP contribution is -2.57. The molecular weight excluding hydrogens is 616 g/mol. The zero-order chi connectivity index (χ0) is 33.9. The van der Waals surface area contributed by atoms with E-state index in [9.17, 15) is 24.3 Å². The summed E-state index contributed by atoms with van der Waals surface area (Å²) in [5.41, 5.74) is 1.55. The minimum absolute atomic E-state index is 0.0108. The van der Waals surface area contributed by atoms with Gasteiger partial charge in [-0.25, -0.2) is 4.79 Å². The predicted octanol–water partition coefficient (Wildman–Crippen LogP) is 2.20. The lowest BCUT2D eigenvalue weighted by atomic mass is 9.83. The third-order valence-corrected chi connectivity index (χ3v) is 9.82. The molecule has 0 unspecified atom stereocenters. The second-order valence-electron chi connectivity index (χ2n) is 13.2. The van der Waals surface area contributed by atoms with Gasteiger partial charge in [0.25, 0.3) is 0 Å². The van der Waals surface area contributed by atoms with Crippen LogP contribution >= 0.6 is 0 Å². The number of carbonyl (C=O) groups is 4. The number of aromatic nitrogens is 2. The second-order valence-corrected chi connectivity index (χ2v) is 13.2. The Morgan fingerprint density at radius 1 is 1.02 bits per heavy atom. The summed E-state index contributed by atoms with van der Waals surface area (Å²) in [7, 11) is 0. The maximum absolute atomic E-state index is 14.1. The molecule has 0 spiro atoms. The van der Waals surface area contributed by atoms with Gasteiger partial charge in [0.1, 0.15) is 18.2 Å². The number of likely N-dealkylation sites (N-methyl/N-ethyl adjacent to an activating group) is 1. The van der Waals surface area contributed by atoms with Gasteiger partial charge in [0.05, 0.1) is 31.7 Å². The quantitative estimate of drug-likeness (QED) is 0.225. The van der Waals surface area contributed by atoms with Crippen molar-refractivity contribution in [2.75, 3.05) is 39.4 Å². The summed E-state index contributed by atoms with van der Waals surface area (Å²) in [5.74, 6) is -1.42. The van der Waals surface area contributed by atoms with E-state index >= 15 is 0 Å². The fourth-order valence-corrected chi connectivity index (χ4v) is 7.00. The molecule has 13 nitrogen and oxygen atoms in total. The lowest BCUT2D eigenvalue weighted by molar-refractivity contribution is -0.140. The van der Waals surface area contributed by atoms with E-state index in [4.69, 9.17) is 9.47 Å². The van der Waals surface area contributed by atoms with E-state index in [0.29, 0.717) is 57.3 Å². The minimum Gasteiger partial charge on any atom is -0.441 e. The topological polar surface area (TPSA) is 166 Å². The summed E-state index contributed by atoms with van der Waals surface area (Å²) in [6.07, 6.45) is 5.50. The summed E-state index contributed by atoms with van der Waals surface area (Å²) in [6, 6.07) is 9.54. The third kappa shape index (κ3) is 9.79. The summed E-state index contributed by atoms with van der Waals surface area (Å²) >= 11 is 0. The monoisotopic (exact) mass is 666 g/mol. The van der Waals surface area contributed by atoms with Crippen LogP contribution in [0, 0.1) is 11.8 Å². The second kappa shape index (κ2) is 17.4. The van der Waals surface area contributed by atoms with E-state index in [-0.39, 0.29) is 25.3 Å². The number of nitrogens with one attached hydrogen (secondary N) is 3. The van der Waals surface area contributed by atoms with Crippen LogP contribution in [0.25, 0.3) is 0 Å². The molecule has 5 rings (SSSR count). The molecular formula is C35H50N6O7. The maximum Gasteiger partial charge on any atom is 0.410 e. The number of hydrogen-bond donors (Lipinski definition) is 4. The first kappa shape index (κ1) is 35.3. The number of aromatic amines is 1. The van der Waals surface area contributed by atoms with E-state index in [1.165, 1.54) is 4.90 Å². The van der Waals surface area contributed by atoms with Gasteiger partial charge >= 0.3 is 6.09 Å². The van der Waals surface area contributed by atoms with Crippen LogP contribution in [-0.2, 0) is 36.7 Å². The average Bonchev–Trinajstić information content (AvgIpc) is 3.77. The van der Waals surface area contributed by atoms with Crippen LogP contribution in [0.2, 0.25) is 0 Å². The molecule has 262 valence electrons. The fraction of sp³-hybridized carbons (Fsp3) is 0.629. The molecule has 0 bridgehead atoms. The van der Waals surface area contributed by atoms with Gasteiger partial charge in [0, 0.05) is 44.4 Å². The number of nitrogens with zero attached hydrogens (tertiary/aromatic N) is 3. The van der Waals surface area contributed by atoms with Gasteiger partial charge in [-0.1, -0.05) is 62.4 Å². The zero-order valence-electron chi connectivity index (χ0n) is 27.9. The summed E-state index contributed by atoms with van der Waals surface area (Å²) in [5, 5.41) is 24.4. The largest absolute Gasteiger partial charge is 0.441 e. The van der Waals surface area contributed by atoms with Crippen molar-refractivity contribution in [3.05, 3.63) is 53.9 Å². The number of aliphatic hydroxyl groups excluding tert-OH is 1. The van der Waals surface area contributed by atoms with Crippen LogP contribution in [0.15, 0.2) is 42.6 Å². The van der Waals surface area contributed by atoms with E-state index in [1.807, 2.05) is 37.3 Å². The number of morpholine rings is 1. The maximum atomic E-state index is 14.1. The first-order valence-electron chi connectivity index (χ1n) is 17.4. The van der Waals surface area contributed by atoms with Gasteiger partial charge in [0.2, 0.25) is 17.7 Å². The zero-order valence-corrected chi connectivity index (χ0v) is 27.9. The molecule has 1 aromatic heterocycles. The molecule has 3 heterocycles. The van der Waals surface area contributed by atoms with Crippen molar-refractivity contribution < 1.29 is 33.8 Å². The highest BCUT2D eigenvalue weighted by molar-refractivity contribution is 5.91. The van der Waals surface area contributed by atoms with E-state index in [2.05, 4.69) is 20.8 Å². The number of amides is 4. The first-order chi connectivity index (χ1) is 23.3. The van der Waals surface area contributed by atoms with Crippen LogP contribution in [0.5, 0.6) is 0 Å². The van der Waals surface area contributed by atoms with Crippen molar-refractivity contribution in [1.29, 1.82) is 0 Å². The summed E-state index contributed by atoms with van der Waals surface area (Å²) in [4.78, 5) is 57.1. The Labute approximate surface area is 282 Å². The number of hydrogen-bond acceptors (Lipinski definition) is 8. The fourth-order valence-electron chi connectivity index (χ4n) is 7.00. The number of benzene rings is 1. The molecule has 4 amide bonds. The van der Waals surface area contributed by atoms with Crippen LogP contribution < -0.4 is 10.6 Å². The first-order valence-corrected chi connectivity index (χ1v) is 17.4. The highest BCUT2D eigenvalue weighted by Gasteiger charge is 2.41. The molecule has 2 aliphatic heterocycles. The van der Waals surface area contributed by atoms with Gasteiger partial charge in [-0.15, -0.1) is 0 Å². The summed E-state index contributed by atoms with van der Waals surface area (Å²) in [6.45, 7) is 4.40. The molecule has 3 fully saturated rings. The molecule has 2 saturated heterocycles. The van der Waals surface area contributed by atoms with Crippen molar-refractivity contribution in [3.8, 4) is 0 Å². The van der Waals surface area contributed by atoms with Crippen LogP contribution in [0.1, 0.15) is 63.1 Å². The predicted molar refractivity (Wildman–Crippen MR) is 177 cm³/mol. The molecule has 5 atom stereocenters. The normalized spacial score (nSPS) is 21.2. The Kier molecular flexibility index (Phi) is 12.8. The minimum atomic E-state index is -1.13. The van der Waals surface area contributed by atoms with Crippen molar-refractivity contribution in [2.45, 2.75) is 89.0 Å². The number of cyclic esters (lactones) is 1. The summed E-state index contributed by atoms with van der Waals surface area (Å²) < 4.78 is 10.9. The Hall–Kier alpha value is -3.97. The Balaban J connectivity index is 1.34. The van der Waals surface area contributed by atoms with Gasteiger partial charge < -0.3 is 35.0 Å². The highest BCUT2D eigenvalue weighted by atomic mass is 16.6. The standard InChI is InChI=1S/C35H50N6O7/c1-2-40-23-30(48-35(40)46)32(43)28(20-25-11-7-4-8-12-25)37-34(45)29(22-27-13-14-36-39-27)38-33(44)26(19-24-9-5-3-6-10-24)21-31(42)41-15-17-47-18-16-41/h3,5-6,9-10,13-14,25-26,28-30,32,43H,2,4,7-8,11-12,15-23H2,1H3,(H,36,39)(H,37,45)(H,38,44)/t26-,28+,29+,30+,32-/m1/s1. The molecule has 48 heavy (non-hydrogen) atoms. The molecule has 2 aromatic rings. The molecule has 1 aromatic carbocycles. The van der Waals surface area contributed by atoms with E-state index in [0.717, 1.165) is 37.7 Å². The molecule has 4 N–H and O–H groups in total. The Morgan fingerprint density at radius 3 is 2.44 bits per heavy atom. The van der Waals surface area contributed by atoms with Crippen LogP contribution in [0.4, 0.5) is 4.79 Å². The Bertz CT molecular complexity index is 1330. The van der Waals surface area contributed by atoms with Gasteiger partial charge in [-0.3, -0.25) is 19.5 Å². The van der Waals surface area contributed by atoms with Crippen molar-refractivity contribution >= 4 is 23.8 Å². The van der Waals surface area contributed by atoms with Crippen LogP contribution in [-0.4, -0.2) is 113 Å². The average molecular weight is 667 g/mol. The number of ether oxygens (including phenoxy) is 2. The van der Waals surface area contributed by atoms with E-state index < -0.39 is 48.1 Å². The Morgan fingerprint density at radius 2 is 1.77 bits per heavy atom. The highest BCUT2D eigenvalue weighted by Crippen LogP contribution is 2.29. The number of carbonyl (C=O) groups excluding carboxylic acids is 4. The number of aliphatic hydroxyl groups is 1. The number of H-pyrrole nitrogens is 1. The molecule has 0 radical (unpaired) electrons. The smallest absolute Gasteiger partial charge is 0.410 e. The van der Waals surface area contributed by atoms with Crippen molar-refractivity contribution in [2.24, 2.45) is 11.8 Å². The molecule has 1 saturated carbocycles. The van der Waals surface area contributed by atoms with Gasteiger partial charge in [0.15, 0.2) is 0 Å². The lowest BCUT2D eigenvalue weighted by Gasteiger charge is -2.33. The molecule has 3 aliphatic rings. The van der Waals surface area contributed by atoms with Gasteiger partial charge in [-0.05, 0) is 37.3 Å². The van der Waals surface area contributed by atoms with E-state index in [1.54, 1.807) is 17.2 Å². The number of rotatable bonds is 15.